The number of hydrogen-bond donors (Lipinski definition) is 1. The summed E-state index contributed by atoms with van der Waals surface area (Å²) < 4.78 is 11.3. The van der Waals surface area contributed by atoms with Crippen molar-refractivity contribution in [1.29, 1.82) is 0 Å². The molecule has 2 aromatic rings. The largest absolute Gasteiger partial charge is 0.493 e. The molecular weight excluding hydrogens is 356 g/mol. The Morgan fingerprint density at radius 1 is 1.07 bits per heavy atom. The summed E-state index contributed by atoms with van der Waals surface area (Å²) in [4.78, 5) is 11.0. The van der Waals surface area contributed by atoms with Gasteiger partial charge in [-0.2, -0.15) is 0 Å². The number of nitro benzene ring substituents is 1. The van der Waals surface area contributed by atoms with Crippen molar-refractivity contribution in [2.45, 2.75) is 31.2 Å². The molecular formula is C22H24N2O4. The standard InChI is InChI=1S/C22H24N2O4/c1-27-18-5-3-4-15(22(18)28-2)21-20-13-7-6-12(10-13)19(20)16-11-14(24(25)26)8-9-17(16)23-21/h3-5,8-9,11-13,19-21,23H,6-7,10H2,1-2H3/t12-,13+,19+,20+,21-/m0/s1. The number of ether oxygens (including phenoxy) is 2. The molecule has 6 heteroatoms. The van der Waals surface area contributed by atoms with E-state index in [1.54, 1.807) is 26.4 Å². The number of rotatable bonds is 4. The van der Waals surface area contributed by atoms with Gasteiger partial charge in [0.25, 0.3) is 5.69 Å². The van der Waals surface area contributed by atoms with Crippen LogP contribution in [0.4, 0.5) is 11.4 Å². The molecule has 2 aliphatic carbocycles. The van der Waals surface area contributed by atoms with Gasteiger partial charge < -0.3 is 14.8 Å². The Morgan fingerprint density at radius 2 is 1.89 bits per heavy atom. The molecule has 1 aliphatic heterocycles. The Bertz CT molecular complexity index is 944. The second-order valence-corrected chi connectivity index (χ2v) is 8.17. The summed E-state index contributed by atoms with van der Waals surface area (Å²) in [5, 5.41) is 15.0. The number of hydrogen-bond acceptors (Lipinski definition) is 5. The Morgan fingerprint density at radius 3 is 2.64 bits per heavy atom. The normalized spacial score (nSPS) is 29.6. The number of non-ortho nitro benzene ring substituents is 1. The van der Waals surface area contributed by atoms with Crippen LogP contribution < -0.4 is 14.8 Å². The smallest absolute Gasteiger partial charge is 0.269 e. The van der Waals surface area contributed by atoms with Gasteiger partial charge in [-0.1, -0.05) is 12.1 Å². The Labute approximate surface area is 164 Å². The monoisotopic (exact) mass is 380 g/mol. The Balaban J connectivity index is 1.65. The van der Waals surface area contributed by atoms with Gasteiger partial charge >= 0.3 is 0 Å². The molecule has 6 nitrogen and oxygen atoms in total. The number of para-hydroxylation sites is 1. The summed E-state index contributed by atoms with van der Waals surface area (Å²) >= 11 is 0. The first-order valence-electron chi connectivity index (χ1n) is 9.88. The molecule has 0 amide bonds. The van der Waals surface area contributed by atoms with Crippen LogP contribution >= 0.6 is 0 Å². The number of nitrogens with one attached hydrogen (secondary N) is 1. The third kappa shape index (κ3) is 2.40. The van der Waals surface area contributed by atoms with E-state index >= 15 is 0 Å². The molecule has 0 radical (unpaired) electrons. The van der Waals surface area contributed by atoms with Gasteiger partial charge in [0.2, 0.25) is 0 Å². The number of methoxy groups -OCH3 is 2. The lowest BCUT2D eigenvalue weighted by Crippen LogP contribution is -2.35. The molecule has 146 valence electrons. The molecule has 2 fully saturated rings. The first-order chi connectivity index (χ1) is 13.6. The molecule has 28 heavy (non-hydrogen) atoms. The van der Waals surface area contributed by atoms with Gasteiger partial charge in [-0.25, -0.2) is 0 Å². The highest BCUT2D eigenvalue weighted by molar-refractivity contribution is 5.63. The van der Waals surface area contributed by atoms with Crippen molar-refractivity contribution in [3.8, 4) is 11.5 Å². The second-order valence-electron chi connectivity index (χ2n) is 8.17. The van der Waals surface area contributed by atoms with Crippen LogP contribution in [0.25, 0.3) is 0 Å². The molecule has 2 aromatic carbocycles. The van der Waals surface area contributed by atoms with Crippen molar-refractivity contribution in [3.05, 3.63) is 57.6 Å². The summed E-state index contributed by atoms with van der Waals surface area (Å²) in [7, 11) is 3.34. The summed E-state index contributed by atoms with van der Waals surface area (Å²) in [5.41, 5.74) is 3.41. The van der Waals surface area contributed by atoms with Crippen molar-refractivity contribution in [1.82, 2.24) is 0 Å². The average molecular weight is 380 g/mol. The lowest BCUT2D eigenvalue weighted by Gasteiger charge is -2.43. The van der Waals surface area contributed by atoms with E-state index in [-0.39, 0.29) is 16.7 Å². The van der Waals surface area contributed by atoms with Crippen LogP contribution in [0.3, 0.4) is 0 Å². The first-order valence-corrected chi connectivity index (χ1v) is 9.88. The zero-order valence-corrected chi connectivity index (χ0v) is 16.1. The highest BCUT2D eigenvalue weighted by Gasteiger charge is 2.54. The highest BCUT2D eigenvalue weighted by Crippen LogP contribution is 2.64. The third-order valence-electron chi connectivity index (χ3n) is 7.05. The molecule has 2 bridgehead atoms. The molecule has 5 rings (SSSR count). The van der Waals surface area contributed by atoms with Crippen LogP contribution in [0.1, 0.15) is 42.3 Å². The molecule has 0 spiro atoms. The van der Waals surface area contributed by atoms with Gasteiger partial charge in [0.1, 0.15) is 0 Å². The predicted molar refractivity (Wildman–Crippen MR) is 106 cm³/mol. The first kappa shape index (κ1) is 17.3. The van der Waals surface area contributed by atoms with Crippen molar-refractivity contribution in [3.63, 3.8) is 0 Å². The molecule has 5 atom stereocenters. The topological polar surface area (TPSA) is 73.6 Å². The minimum atomic E-state index is -0.292. The third-order valence-corrected chi connectivity index (χ3v) is 7.05. The fourth-order valence-electron chi connectivity index (χ4n) is 6.05. The van der Waals surface area contributed by atoms with Gasteiger partial charge in [0.05, 0.1) is 25.2 Å². The number of nitrogens with zero attached hydrogens (tertiary/aromatic N) is 1. The summed E-state index contributed by atoms with van der Waals surface area (Å²) in [6, 6.07) is 11.4. The molecule has 1 heterocycles. The van der Waals surface area contributed by atoms with E-state index in [1.165, 1.54) is 19.3 Å². The molecule has 3 aliphatic rings. The average Bonchev–Trinajstić information content (AvgIpc) is 3.34. The van der Waals surface area contributed by atoms with Crippen LogP contribution in [0.15, 0.2) is 36.4 Å². The molecule has 0 aromatic heterocycles. The molecule has 2 saturated carbocycles. The van der Waals surface area contributed by atoms with E-state index in [4.69, 9.17) is 9.47 Å². The van der Waals surface area contributed by atoms with E-state index in [1.807, 2.05) is 18.2 Å². The summed E-state index contributed by atoms with van der Waals surface area (Å²) in [5.74, 6) is 3.52. The Kier molecular flexibility index (Phi) is 3.96. The van der Waals surface area contributed by atoms with Crippen molar-refractivity contribution >= 4 is 11.4 Å². The van der Waals surface area contributed by atoms with Crippen LogP contribution in [0.2, 0.25) is 0 Å². The number of anilines is 1. The van der Waals surface area contributed by atoms with Crippen LogP contribution in [0, 0.1) is 27.9 Å². The molecule has 0 saturated heterocycles. The summed E-state index contributed by atoms with van der Waals surface area (Å²) in [6.45, 7) is 0. The zero-order valence-electron chi connectivity index (χ0n) is 16.1. The lowest BCUT2D eigenvalue weighted by molar-refractivity contribution is -0.384. The minimum Gasteiger partial charge on any atom is -0.493 e. The van der Waals surface area contributed by atoms with Gasteiger partial charge in [-0.3, -0.25) is 10.1 Å². The van der Waals surface area contributed by atoms with E-state index in [0.29, 0.717) is 23.7 Å². The van der Waals surface area contributed by atoms with Gasteiger partial charge in [0, 0.05) is 23.4 Å². The molecule has 0 unspecified atom stereocenters. The fourth-order valence-corrected chi connectivity index (χ4v) is 6.05. The van der Waals surface area contributed by atoms with E-state index in [2.05, 4.69) is 11.4 Å². The minimum absolute atomic E-state index is 0.110. The van der Waals surface area contributed by atoms with E-state index in [0.717, 1.165) is 28.3 Å². The maximum atomic E-state index is 11.3. The van der Waals surface area contributed by atoms with Crippen molar-refractivity contribution in [2.24, 2.45) is 17.8 Å². The van der Waals surface area contributed by atoms with Crippen LogP contribution in [0.5, 0.6) is 11.5 Å². The predicted octanol–water partition coefficient (Wildman–Crippen LogP) is 4.91. The second kappa shape index (κ2) is 6.40. The number of nitro groups is 1. The summed E-state index contributed by atoms with van der Waals surface area (Å²) in [6.07, 6.45) is 3.67. The van der Waals surface area contributed by atoms with Crippen molar-refractivity contribution in [2.75, 3.05) is 19.5 Å². The van der Waals surface area contributed by atoms with E-state index < -0.39 is 0 Å². The quantitative estimate of drug-likeness (QED) is 0.603. The number of benzene rings is 2. The fraction of sp³-hybridized carbons (Fsp3) is 0.455. The van der Waals surface area contributed by atoms with Crippen molar-refractivity contribution < 1.29 is 14.4 Å². The van der Waals surface area contributed by atoms with E-state index in [9.17, 15) is 10.1 Å². The SMILES string of the molecule is COc1cccc([C@@H]2Nc3ccc([N+](=O)[O-])cc3[C@H]3[C@H]4CC[C@H](C4)[C@H]32)c1OC. The Hall–Kier alpha value is -2.76. The number of fused-ring (bicyclic) bond motifs is 7. The van der Waals surface area contributed by atoms with Gasteiger partial charge in [0.15, 0.2) is 11.5 Å². The maximum Gasteiger partial charge on any atom is 0.269 e. The van der Waals surface area contributed by atoms with Gasteiger partial charge in [-0.05, 0) is 60.6 Å². The highest BCUT2D eigenvalue weighted by atomic mass is 16.6. The van der Waals surface area contributed by atoms with Crippen LogP contribution in [-0.4, -0.2) is 19.1 Å². The van der Waals surface area contributed by atoms with Gasteiger partial charge in [-0.15, -0.1) is 0 Å². The lowest BCUT2D eigenvalue weighted by atomic mass is 9.68. The molecule has 1 N–H and O–H groups in total. The maximum absolute atomic E-state index is 11.3. The van der Waals surface area contributed by atoms with Crippen LogP contribution in [-0.2, 0) is 0 Å². The zero-order chi connectivity index (χ0) is 19.4.